The van der Waals surface area contributed by atoms with Crippen LogP contribution < -0.4 is 5.32 Å². The lowest BCUT2D eigenvalue weighted by molar-refractivity contribution is 0.0940. The van der Waals surface area contributed by atoms with Gasteiger partial charge in [-0.15, -0.1) is 11.3 Å². The molecule has 3 rings (SSSR count). The number of aromatic nitrogens is 1. The topological polar surface area (TPSA) is 34.0 Å². The average Bonchev–Trinajstić information content (AvgIpc) is 3.08. The van der Waals surface area contributed by atoms with Crippen molar-refractivity contribution < 1.29 is 4.79 Å². The Kier molecular flexibility index (Phi) is 4.29. The van der Waals surface area contributed by atoms with Crippen LogP contribution in [-0.2, 0) is 6.54 Å². The van der Waals surface area contributed by atoms with Crippen LogP contribution in [-0.4, -0.2) is 17.0 Å². The van der Waals surface area contributed by atoms with E-state index in [4.69, 9.17) is 0 Å². The van der Waals surface area contributed by atoms with Crippen LogP contribution in [0, 0.1) is 5.92 Å². The summed E-state index contributed by atoms with van der Waals surface area (Å²) in [6, 6.07) is 14.3. The number of nitrogens with one attached hydrogen (secondary N) is 1. The van der Waals surface area contributed by atoms with E-state index in [0.29, 0.717) is 19.0 Å². The minimum absolute atomic E-state index is 0.00744. The smallest absolute Gasteiger partial charge is 0.267 e. The first-order valence-corrected chi connectivity index (χ1v) is 8.42. The van der Waals surface area contributed by atoms with Gasteiger partial charge in [0, 0.05) is 13.1 Å². The number of carbonyl (C=O) groups is 1. The third-order valence-corrected chi connectivity index (χ3v) is 4.46. The Labute approximate surface area is 134 Å². The Morgan fingerprint density at radius 1 is 1.23 bits per heavy atom. The van der Waals surface area contributed by atoms with E-state index >= 15 is 0 Å². The summed E-state index contributed by atoms with van der Waals surface area (Å²) in [6.45, 7) is 5.61. The van der Waals surface area contributed by atoms with E-state index in [2.05, 4.69) is 47.3 Å². The van der Waals surface area contributed by atoms with Crippen molar-refractivity contribution in [1.82, 2.24) is 9.88 Å². The van der Waals surface area contributed by atoms with Crippen molar-refractivity contribution in [1.29, 1.82) is 0 Å². The standard InChI is InChI=1S/C18H20N2OS/c1-13(2)11-19-18(21)16-10-17-15(8-9-22-17)20(16)12-14-6-4-3-5-7-14/h3-10,13H,11-12H2,1-2H3,(H,19,21). The van der Waals surface area contributed by atoms with Crippen LogP contribution in [0.5, 0.6) is 0 Å². The molecule has 1 N–H and O–H groups in total. The maximum absolute atomic E-state index is 12.5. The number of hydrogen-bond donors (Lipinski definition) is 1. The van der Waals surface area contributed by atoms with Gasteiger partial charge in [0.2, 0.25) is 0 Å². The molecular weight excluding hydrogens is 292 g/mol. The molecule has 0 bridgehead atoms. The van der Waals surface area contributed by atoms with Crippen LogP contribution in [0.4, 0.5) is 0 Å². The highest BCUT2D eigenvalue weighted by atomic mass is 32.1. The molecule has 0 saturated heterocycles. The Morgan fingerprint density at radius 3 is 2.73 bits per heavy atom. The van der Waals surface area contributed by atoms with Crippen LogP contribution in [0.1, 0.15) is 29.9 Å². The van der Waals surface area contributed by atoms with Gasteiger partial charge >= 0.3 is 0 Å². The molecule has 0 saturated carbocycles. The van der Waals surface area contributed by atoms with Gasteiger partial charge in [0.25, 0.3) is 5.91 Å². The number of carbonyl (C=O) groups excluding carboxylic acids is 1. The fourth-order valence-corrected chi connectivity index (χ4v) is 3.31. The van der Waals surface area contributed by atoms with Crippen molar-refractivity contribution in [3.63, 3.8) is 0 Å². The summed E-state index contributed by atoms with van der Waals surface area (Å²) >= 11 is 1.67. The molecule has 0 spiro atoms. The molecule has 0 aliphatic carbocycles. The number of benzene rings is 1. The Balaban J connectivity index is 1.94. The second-order valence-electron chi connectivity index (χ2n) is 5.88. The first kappa shape index (κ1) is 14.9. The normalized spacial score (nSPS) is 11.2. The van der Waals surface area contributed by atoms with Crippen molar-refractivity contribution in [3.05, 3.63) is 59.1 Å². The highest BCUT2D eigenvalue weighted by molar-refractivity contribution is 7.17. The molecule has 3 nitrogen and oxygen atoms in total. The van der Waals surface area contributed by atoms with E-state index in [1.165, 1.54) is 5.56 Å². The van der Waals surface area contributed by atoms with E-state index in [0.717, 1.165) is 15.9 Å². The highest BCUT2D eigenvalue weighted by Crippen LogP contribution is 2.26. The van der Waals surface area contributed by atoms with Gasteiger partial charge in [-0.1, -0.05) is 44.2 Å². The molecule has 0 aliphatic rings. The maximum atomic E-state index is 12.5. The van der Waals surface area contributed by atoms with Gasteiger partial charge in [-0.3, -0.25) is 4.79 Å². The lowest BCUT2D eigenvalue weighted by Gasteiger charge is -2.12. The van der Waals surface area contributed by atoms with Gasteiger partial charge in [0.15, 0.2) is 0 Å². The monoisotopic (exact) mass is 312 g/mol. The fourth-order valence-electron chi connectivity index (χ4n) is 2.49. The second-order valence-corrected chi connectivity index (χ2v) is 6.82. The zero-order valence-electron chi connectivity index (χ0n) is 12.9. The lowest BCUT2D eigenvalue weighted by Crippen LogP contribution is -2.29. The molecule has 0 fully saturated rings. The van der Waals surface area contributed by atoms with Gasteiger partial charge < -0.3 is 9.88 Å². The maximum Gasteiger partial charge on any atom is 0.267 e. The van der Waals surface area contributed by atoms with Crippen molar-refractivity contribution in [2.24, 2.45) is 5.92 Å². The molecule has 0 aliphatic heterocycles. The molecule has 2 aromatic heterocycles. The Morgan fingerprint density at radius 2 is 2.00 bits per heavy atom. The number of amides is 1. The van der Waals surface area contributed by atoms with Crippen LogP contribution in [0.25, 0.3) is 10.2 Å². The minimum Gasteiger partial charge on any atom is -0.351 e. The number of hydrogen-bond acceptors (Lipinski definition) is 2. The summed E-state index contributed by atoms with van der Waals surface area (Å²) < 4.78 is 3.27. The van der Waals surface area contributed by atoms with Gasteiger partial charge in [-0.25, -0.2) is 0 Å². The van der Waals surface area contributed by atoms with Crippen molar-refractivity contribution in [3.8, 4) is 0 Å². The number of nitrogens with zero attached hydrogens (tertiary/aromatic N) is 1. The van der Waals surface area contributed by atoms with Crippen molar-refractivity contribution in [2.45, 2.75) is 20.4 Å². The molecule has 4 heteroatoms. The minimum atomic E-state index is 0.00744. The SMILES string of the molecule is CC(C)CNC(=O)c1cc2sccc2n1Cc1ccccc1. The predicted molar refractivity (Wildman–Crippen MR) is 92.5 cm³/mol. The fraction of sp³-hybridized carbons (Fsp3) is 0.278. The van der Waals surface area contributed by atoms with Gasteiger partial charge in [0.05, 0.1) is 10.2 Å². The predicted octanol–water partition coefficient (Wildman–Crippen LogP) is 4.14. The highest BCUT2D eigenvalue weighted by Gasteiger charge is 2.16. The zero-order valence-corrected chi connectivity index (χ0v) is 13.7. The van der Waals surface area contributed by atoms with Crippen LogP contribution >= 0.6 is 11.3 Å². The largest absolute Gasteiger partial charge is 0.351 e. The summed E-state index contributed by atoms with van der Waals surface area (Å²) in [6.07, 6.45) is 0. The van der Waals surface area contributed by atoms with Gasteiger partial charge in [-0.05, 0) is 29.0 Å². The van der Waals surface area contributed by atoms with E-state index in [-0.39, 0.29) is 5.91 Å². The molecule has 1 aromatic carbocycles. The van der Waals surface area contributed by atoms with Crippen molar-refractivity contribution in [2.75, 3.05) is 6.54 Å². The lowest BCUT2D eigenvalue weighted by atomic mass is 10.2. The molecule has 114 valence electrons. The molecule has 0 radical (unpaired) electrons. The molecule has 3 aromatic rings. The molecule has 22 heavy (non-hydrogen) atoms. The van der Waals surface area contributed by atoms with E-state index in [1.54, 1.807) is 11.3 Å². The van der Waals surface area contributed by atoms with Crippen LogP contribution in [0.2, 0.25) is 0 Å². The second kappa shape index (κ2) is 6.36. The quantitative estimate of drug-likeness (QED) is 0.755. The van der Waals surface area contributed by atoms with Gasteiger partial charge in [0.1, 0.15) is 5.69 Å². The summed E-state index contributed by atoms with van der Waals surface area (Å²) in [5.74, 6) is 0.454. The molecule has 1 amide bonds. The first-order valence-electron chi connectivity index (χ1n) is 7.54. The number of rotatable bonds is 5. The molecule has 0 unspecified atom stereocenters. The number of thiophene rings is 1. The summed E-state index contributed by atoms with van der Waals surface area (Å²) in [4.78, 5) is 12.5. The molecule has 2 heterocycles. The summed E-state index contributed by atoms with van der Waals surface area (Å²) in [7, 11) is 0. The molecule has 0 atom stereocenters. The Bertz CT molecular complexity index is 771. The Hall–Kier alpha value is -2.07. The van der Waals surface area contributed by atoms with Crippen LogP contribution in [0.3, 0.4) is 0 Å². The van der Waals surface area contributed by atoms with Gasteiger partial charge in [-0.2, -0.15) is 0 Å². The van der Waals surface area contributed by atoms with E-state index < -0.39 is 0 Å². The first-order chi connectivity index (χ1) is 10.6. The zero-order chi connectivity index (χ0) is 15.5. The van der Waals surface area contributed by atoms with E-state index in [1.807, 2.05) is 24.3 Å². The third kappa shape index (κ3) is 3.07. The third-order valence-electron chi connectivity index (χ3n) is 3.61. The van der Waals surface area contributed by atoms with Crippen LogP contribution in [0.15, 0.2) is 47.8 Å². The molecular formula is C18H20N2OS. The van der Waals surface area contributed by atoms with E-state index in [9.17, 15) is 4.79 Å². The average molecular weight is 312 g/mol. The number of fused-ring (bicyclic) bond motifs is 1. The summed E-state index contributed by atoms with van der Waals surface area (Å²) in [5.41, 5.74) is 3.07. The van der Waals surface area contributed by atoms with Crippen molar-refractivity contribution >= 4 is 27.5 Å². The summed E-state index contributed by atoms with van der Waals surface area (Å²) in [5, 5.41) is 5.09.